The van der Waals surface area contributed by atoms with Gasteiger partial charge in [-0.2, -0.15) is 0 Å². The molecule has 0 spiro atoms. The van der Waals surface area contributed by atoms with E-state index in [4.69, 9.17) is 5.11 Å². The lowest BCUT2D eigenvalue weighted by Crippen LogP contribution is -2.33. The average Bonchev–Trinajstić information content (AvgIpc) is 2.34. The van der Waals surface area contributed by atoms with E-state index in [2.05, 4.69) is 10.6 Å². The van der Waals surface area contributed by atoms with Crippen LogP contribution >= 0.6 is 0 Å². The molecule has 0 radical (unpaired) electrons. The Balaban J connectivity index is 2.32. The van der Waals surface area contributed by atoms with E-state index in [1.807, 2.05) is 19.2 Å². The Morgan fingerprint density at radius 2 is 2.18 bits per heavy atom. The van der Waals surface area contributed by atoms with E-state index in [0.717, 1.165) is 6.42 Å². The van der Waals surface area contributed by atoms with Gasteiger partial charge in [0.05, 0.1) is 6.04 Å². The van der Waals surface area contributed by atoms with Gasteiger partial charge in [0.25, 0.3) is 0 Å². The molecule has 2 atom stereocenters. The molecule has 0 saturated carbocycles. The third-order valence-corrected chi connectivity index (χ3v) is 1.76. The molecule has 1 amide bonds. The van der Waals surface area contributed by atoms with Crippen molar-refractivity contribution in [2.75, 3.05) is 7.05 Å². The minimum atomic E-state index is -0.962. The highest BCUT2D eigenvalue weighted by molar-refractivity contribution is 5.65. The summed E-state index contributed by atoms with van der Waals surface area (Å²) in [6, 6.07) is 0.289. The van der Waals surface area contributed by atoms with Gasteiger partial charge in [-0.25, -0.2) is 4.79 Å². The van der Waals surface area contributed by atoms with Crippen molar-refractivity contribution < 1.29 is 9.90 Å². The first-order chi connectivity index (χ1) is 5.22. The van der Waals surface area contributed by atoms with Gasteiger partial charge >= 0.3 is 6.09 Å². The number of amides is 1. The Morgan fingerprint density at radius 1 is 1.55 bits per heavy atom. The Morgan fingerprint density at radius 3 is 2.64 bits per heavy atom. The Labute approximate surface area is 65.3 Å². The second-order valence-corrected chi connectivity index (χ2v) is 2.57. The monoisotopic (exact) mass is 156 g/mol. The Hall–Kier alpha value is -1.03. The van der Waals surface area contributed by atoms with Crippen molar-refractivity contribution in [2.45, 2.75) is 18.5 Å². The molecule has 62 valence electrons. The molecule has 0 aromatic heterocycles. The smallest absolute Gasteiger partial charge is 0.405 e. The van der Waals surface area contributed by atoms with Crippen LogP contribution in [-0.4, -0.2) is 30.3 Å². The first-order valence-corrected chi connectivity index (χ1v) is 3.57. The van der Waals surface area contributed by atoms with Crippen molar-refractivity contribution in [2.24, 2.45) is 0 Å². The van der Waals surface area contributed by atoms with Gasteiger partial charge in [-0.05, 0) is 13.5 Å². The number of nitrogens with one attached hydrogen (secondary N) is 2. The number of hydrogen-bond acceptors (Lipinski definition) is 2. The van der Waals surface area contributed by atoms with Gasteiger partial charge in [0.15, 0.2) is 0 Å². The number of carbonyl (C=O) groups is 1. The minimum Gasteiger partial charge on any atom is -0.465 e. The van der Waals surface area contributed by atoms with Crippen molar-refractivity contribution in [3.05, 3.63) is 12.2 Å². The van der Waals surface area contributed by atoms with Crippen LogP contribution in [-0.2, 0) is 0 Å². The summed E-state index contributed by atoms with van der Waals surface area (Å²) in [5, 5.41) is 13.8. The van der Waals surface area contributed by atoms with Crippen LogP contribution in [0.1, 0.15) is 6.42 Å². The van der Waals surface area contributed by atoms with E-state index in [0.29, 0.717) is 6.04 Å². The zero-order valence-corrected chi connectivity index (χ0v) is 6.37. The maximum absolute atomic E-state index is 10.2. The summed E-state index contributed by atoms with van der Waals surface area (Å²) in [4.78, 5) is 10.2. The summed E-state index contributed by atoms with van der Waals surface area (Å²) in [5.41, 5.74) is 0. The summed E-state index contributed by atoms with van der Waals surface area (Å²) >= 11 is 0. The first kappa shape index (κ1) is 8.07. The van der Waals surface area contributed by atoms with Gasteiger partial charge in [-0.1, -0.05) is 12.2 Å². The molecule has 0 aliphatic heterocycles. The number of hydrogen-bond donors (Lipinski definition) is 3. The van der Waals surface area contributed by atoms with Gasteiger partial charge in [-0.3, -0.25) is 0 Å². The van der Waals surface area contributed by atoms with Crippen LogP contribution in [0.4, 0.5) is 4.79 Å². The fourth-order valence-corrected chi connectivity index (χ4v) is 1.18. The van der Waals surface area contributed by atoms with Crippen molar-refractivity contribution in [3.63, 3.8) is 0 Å². The molecule has 0 saturated heterocycles. The molecule has 0 fully saturated rings. The van der Waals surface area contributed by atoms with Crippen LogP contribution in [0.5, 0.6) is 0 Å². The highest BCUT2D eigenvalue weighted by Crippen LogP contribution is 2.09. The van der Waals surface area contributed by atoms with Crippen LogP contribution in [0.15, 0.2) is 12.2 Å². The van der Waals surface area contributed by atoms with E-state index in [9.17, 15) is 4.79 Å². The summed E-state index contributed by atoms with van der Waals surface area (Å²) in [7, 11) is 1.86. The quantitative estimate of drug-likeness (QED) is 0.499. The molecule has 0 heterocycles. The molecule has 4 heteroatoms. The van der Waals surface area contributed by atoms with Crippen LogP contribution in [0.25, 0.3) is 0 Å². The largest absolute Gasteiger partial charge is 0.465 e. The summed E-state index contributed by atoms with van der Waals surface area (Å²) in [5.74, 6) is 0. The standard InChI is InChI=1S/C7H12N2O2/c1-8-5-2-3-6(4-5)9-7(10)11/h2-3,5-6,8-9H,4H2,1H3,(H,10,11)/t5-,6+/m1/s1. The molecule has 0 aromatic carbocycles. The van der Waals surface area contributed by atoms with Gasteiger partial charge in [0.2, 0.25) is 0 Å². The molecular formula is C7H12N2O2. The molecular weight excluding hydrogens is 144 g/mol. The molecule has 1 aliphatic carbocycles. The van der Waals surface area contributed by atoms with Crippen molar-refractivity contribution >= 4 is 6.09 Å². The fourth-order valence-electron chi connectivity index (χ4n) is 1.18. The average molecular weight is 156 g/mol. The second kappa shape index (κ2) is 3.39. The summed E-state index contributed by atoms with van der Waals surface area (Å²) in [6.07, 6.45) is 3.69. The maximum Gasteiger partial charge on any atom is 0.405 e. The van der Waals surface area contributed by atoms with E-state index < -0.39 is 6.09 Å². The number of rotatable bonds is 2. The van der Waals surface area contributed by atoms with Crippen LogP contribution < -0.4 is 10.6 Å². The molecule has 1 rings (SSSR count). The fraction of sp³-hybridized carbons (Fsp3) is 0.571. The van der Waals surface area contributed by atoms with E-state index in [-0.39, 0.29) is 6.04 Å². The first-order valence-electron chi connectivity index (χ1n) is 3.57. The number of carboxylic acid groups (broad SMARTS) is 1. The lowest BCUT2D eigenvalue weighted by atomic mass is 10.2. The predicted molar refractivity (Wildman–Crippen MR) is 41.6 cm³/mol. The predicted octanol–water partition coefficient (Wildman–Crippen LogP) is 0.170. The topological polar surface area (TPSA) is 61.4 Å². The van der Waals surface area contributed by atoms with Gasteiger partial charge < -0.3 is 15.7 Å². The zero-order chi connectivity index (χ0) is 8.27. The molecule has 0 bridgehead atoms. The summed E-state index contributed by atoms with van der Waals surface area (Å²) < 4.78 is 0. The zero-order valence-electron chi connectivity index (χ0n) is 6.37. The third kappa shape index (κ3) is 2.23. The Kier molecular flexibility index (Phi) is 2.48. The van der Waals surface area contributed by atoms with Gasteiger partial charge in [0, 0.05) is 6.04 Å². The maximum atomic E-state index is 10.2. The number of likely N-dealkylation sites (N-methyl/N-ethyl adjacent to an activating group) is 1. The lowest BCUT2D eigenvalue weighted by Gasteiger charge is -2.10. The molecule has 11 heavy (non-hydrogen) atoms. The minimum absolute atomic E-state index is 0.0232. The van der Waals surface area contributed by atoms with E-state index in [1.54, 1.807) is 0 Å². The van der Waals surface area contributed by atoms with E-state index >= 15 is 0 Å². The van der Waals surface area contributed by atoms with E-state index in [1.165, 1.54) is 0 Å². The molecule has 3 N–H and O–H groups in total. The highest BCUT2D eigenvalue weighted by Gasteiger charge is 2.17. The molecule has 0 unspecified atom stereocenters. The summed E-state index contributed by atoms with van der Waals surface area (Å²) in [6.45, 7) is 0. The van der Waals surface area contributed by atoms with Gasteiger partial charge in [-0.15, -0.1) is 0 Å². The Bertz CT molecular complexity index is 179. The van der Waals surface area contributed by atoms with Crippen LogP contribution in [0, 0.1) is 0 Å². The normalized spacial score (nSPS) is 28.8. The molecule has 0 aromatic rings. The van der Waals surface area contributed by atoms with Crippen molar-refractivity contribution in [1.82, 2.24) is 10.6 Å². The second-order valence-electron chi connectivity index (χ2n) is 2.57. The molecule has 4 nitrogen and oxygen atoms in total. The highest BCUT2D eigenvalue weighted by atomic mass is 16.4. The third-order valence-electron chi connectivity index (χ3n) is 1.76. The van der Waals surface area contributed by atoms with Crippen LogP contribution in [0.3, 0.4) is 0 Å². The molecule has 1 aliphatic rings. The van der Waals surface area contributed by atoms with Crippen LogP contribution in [0.2, 0.25) is 0 Å². The van der Waals surface area contributed by atoms with Crippen molar-refractivity contribution in [3.8, 4) is 0 Å². The van der Waals surface area contributed by atoms with Gasteiger partial charge in [0.1, 0.15) is 0 Å². The lowest BCUT2D eigenvalue weighted by molar-refractivity contribution is 0.191. The SMILES string of the molecule is CN[C@@H]1C=C[C@H](NC(=O)O)C1. The van der Waals surface area contributed by atoms with Crippen molar-refractivity contribution in [1.29, 1.82) is 0 Å².